The third-order valence-corrected chi connectivity index (χ3v) is 13.0. The minimum absolute atomic E-state index is 0.0666. The van der Waals surface area contributed by atoms with Gasteiger partial charge in [-0.25, -0.2) is 0 Å². The fourth-order valence-electron chi connectivity index (χ4n) is 8.68. The number of carbonyl (C=O) groups excluding carboxylic acids is 3. The van der Waals surface area contributed by atoms with Gasteiger partial charge in [-0.1, -0.05) is 270 Å². The molecule has 64 heavy (non-hydrogen) atoms. The molecule has 0 radical (unpaired) electrons. The van der Waals surface area contributed by atoms with Gasteiger partial charge in [-0.3, -0.25) is 14.4 Å². The third-order valence-electron chi connectivity index (χ3n) is 13.0. The Morgan fingerprint density at radius 1 is 0.297 bits per heavy atom. The van der Waals surface area contributed by atoms with Crippen molar-refractivity contribution in [3.8, 4) is 0 Å². The lowest BCUT2D eigenvalue weighted by molar-refractivity contribution is -0.167. The first-order valence-electron chi connectivity index (χ1n) is 28.7. The van der Waals surface area contributed by atoms with Crippen molar-refractivity contribution in [2.45, 2.75) is 329 Å². The summed E-state index contributed by atoms with van der Waals surface area (Å²) in [5.74, 6) is -0.852. The second-order valence-corrected chi connectivity index (χ2v) is 19.6. The number of hydrogen-bond acceptors (Lipinski definition) is 6. The molecule has 0 spiro atoms. The monoisotopic (exact) mass is 903 g/mol. The first kappa shape index (κ1) is 62.1. The lowest BCUT2D eigenvalue weighted by Crippen LogP contribution is -2.30. The van der Waals surface area contributed by atoms with E-state index in [1.54, 1.807) is 0 Å². The lowest BCUT2D eigenvalue weighted by Gasteiger charge is -2.18. The van der Waals surface area contributed by atoms with Gasteiger partial charge in [0, 0.05) is 19.3 Å². The second-order valence-electron chi connectivity index (χ2n) is 19.6. The Morgan fingerprint density at radius 3 is 0.812 bits per heavy atom. The number of allylic oxidation sites excluding steroid dienone is 2. The van der Waals surface area contributed by atoms with E-state index in [-0.39, 0.29) is 31.1 Å². The summed E-state index contributed by atoms with van der Waals surface area (Å²) in [6.45, 7) is 6.67. The average molecular weight is 904 g/mol. The van der Waals surface area contributed by atoms with Crippen LogP contribution in [0.25, 0.3) is 0 Å². The van der Waals surface area contributed by atoms with Gasteiger partial charge in [0.15, 0.2) is 6.10 Å². The maximum Gasteiger partial charge on any atom is 0.306 e. The van der Waals surface area contributed by atoms with E-state index in [2.05, 4.69) is 32.9 Å². The zero-order chi connectivity index (χ0) is 46.5. The Morgan fingerprint density at radius 2 is 0.516 bits per heavy atom. The van der Waals surface area contributed by atoms with Gasteiger partial charge in [0.25, 0.3) is 0 Å². The standard InChI is InChI=1S/C58H110O6/c1-4-7-10-13-16-19-22-25-27-29-31-33-36-39-42-45-48-51-57(60)63-54-55(53-62-56(59)50-47-44-41-38-35-24-21-18-15-12-9-6-3)64-58(61)52-49-46-43-40-37-34-32-30-28-26-23-20-17-14-11-8-5-2/h18,21,55H,4-17,19-20,22-54H2,1-3H3/b21-18-. The van der Waals surface area contributed by atoms with Gasteiger partial charge in [0.05, 0.1) is 0 Å². The molecule has 0 aliphatic rings. The summed E-state index contributed by atoms with van der Waals surface area (Å²) in [5.41, 5.74) is 0. The maximum absolute atomic E-state index is 12.8. The predicted octanol–water partition coefficient (Wildman–Crippen LogP) is 18.9. The zero-order valence-corrected chi connectivity index (χ0v) is 43.3. The van der Waals surface area contributed by atoms with Crippen LogP contribution in [0.5, 0.6) is 0 Å². The number of unbranched alkanes of at least 4 members (excludes halogenated alkanes) is 40. The normalized spacial score (nSPS) is 12.0. The Balaban J connectivity index is 4.29. The van der Waals surface area contributed by atoms with Crippen LogP contribution in [0, 0.1) is 0 Å². The van der Waals surface area contributed by atoms with E-state index in [0.717, 1.165) is 64.2 Å². The van der Waals surface area contributed by atoms with Crippen LogP contribution in [-0.4, -0.2) is 37.2 Å². The van der Waals surface area contributed by atoms with Crippen molar-refractivity contribution in [1.82, 2.24) is 0 Å². The highest BCUT2D eigenvalue weighted by molar-refractivity contribution is 5.71. The Hall–Kier alpha value is -1.85. The number of ether oxygens (including phenoxy) is 3. The quantitative estimate of drug-likeness (QED) is 0.0262. The SMILES string of the molecule is CCCCC/C=C\CCCCCCCC(=O)OCC(COC(=O)CCCCCCCCCCCCCCCCCCC)OC(=O)CCCCCCCCCCCCCCCCCCC. The van der Waals surface area contributed by atoms with Crippen molar-refractivity contribution in [2.24, 2.45) is 0 Å². The fourth-order valence-corrected chi connectivity index (χ4v) is 8.68. The smallest absolute Gasteiger partial charge is 0.306 e. The summed E-state index contributed by atoms with van der Waals surface area (Å²) in [7, 11) is 0. The van der Waals surface area contributed by atoms with Crippen LogP contribution in [0.3, 0.4) is 0 Å². The summed E-state index contributed by atoms with van der Waals surface area (Å²) >= 11 is 0. The van der Waals surface area contributed by atoms with Gasteiger partial charge < -0.3 is 14.2 Å². The number of esters is 3. The number of carbonyl (C=O) groups is 3. The molecule has 0 heterocycles. The van der Waals surface area contributed by atoms with E-state index in [1.807, 2.05) is 0 Å². The van der Waals surface area contributed by atoms with Crippen molar-refractivity contribution in [2.75, 3.05) is 13.2 Å². The largest absolute Gasteiger partial charge is 0.462 e. The second kappa shape index (κ2) is 53.8. The lowest BCUT2D eigenvalue weighted by atomic mass is 10.0. The zero-order valence-electron chi connectivity index (χ0n) is 43.3. The maximum atomic E-state index is 12.8. The summed E-state index contributed by atoms with van der Waals surface area (Å²) in [6.07, 6.45) is 60.6. The van der Waals surface area contributed by atoms with Crippen molar-refractivity contribution >= 4 is 17.9 Å². The molecule has 6 heteroatoms. The summed E-state index contributed by atoms with van der Waals surface area (Å²) < 4.78 is 16.9. The van der Waals surface area contributed by atoms with Crippen molar-refractivity contribution in [3.05, 3.63) is 12.2 Å². The molecule has 0 saturated heterocycles. The summed E-state index contributed by atoms with van der Waals surface area (Å²) in [4.78, 5) is 38.1. The first-order chi connectivity index (χ1) is 31.5. The Kier molecular flexibility index (Phi) is 52.2. The Labute approximate surface area is 399 Å². The van der Waals surface area contributed by atoms with Crippen molar-refractivity contribution in [1.29, 1.82) is 0 Å². The molecule has 1 unspecified atom stereocenters. The molecular formula is C58H110O6. The molecule has 0 aliphatic heterocycles. The van der Waals surface area contributed by atoms with Crippen LogP contribution in [0.15, 0.2) is 12.2 Å². The van der Waals surface area contributed by atoms with Crippen molar-refractivity contribution < 1.29 is 28.6 Å². The minimum atomic E-state index is -0.767. The van der Waals surface area contributed by atoms with Gasteiger partial charge in [-0.2, -0.15) is 0 Å². The predicted molar refractivity (Wildman–Crippen MR) is 275 cm³/mol. The van der Waals surface area contributed by atoms with Crippen LogP contribution in [0.4, 0.5) is 0 Å². The molecule has 378 valence electrons. The van der Waals surface area contributed by atoms with Gasteiger partial charge in [-0.15, -0.1) is 0 Å². The molecule has 0 amide bonds. The fraction of sp³-hybridized carbons (Fsp3) is 0.914. The van der Waals surface area contributed by atoms with Crippen LogP contribution in [0.2, 0.25) is 0 Å². The molecule has 0 fully saturated rings. The molecule has 0 N–H and O–H groups in total. The van der Waals surface area contributed by atoms with Crippen LogP contribution >= 0.6 is 0 Å². The Bertz CT molecular complexity index is 993. The minimum Gasteiger partial charge on any atom is -0.462 e. The van der Waals surface area contributed by atoms with Crippen LogP contribution < -0.4 is 0 Å². The van der Waals surface area contributed by atoms with Gasteiger partial charge in [0.1, 0.15) is 13.2 Å². The van der Waals surface area contributed by atoms with E-state index >= 15 is 0 Å². The van der Waals surface area contributed by atoms with E-state index in [4.69, 9.17) is 14.2 Å². The van der Waals surface area contributed by atoms with E-state index in [1.165, 1.54) is 218 Å². The number of rotatable bonds is 53. The summed E-state index contributed by atoms with van der Waals surface area (Å²) in [6, 6.07) is 0. The molecule has 0 saturated carbocycles. The molecular weight excluding hydrogens is 793 g/mol. The summed E-state index contributed by atoms with van der Waals surface area (Å²) in [5, 5.41) is 0. The van der Waals surface area contributed by atoms with Gasteiger partial charge in [-0.05, 0) is 44.9 Å². The van der Waals surface area contributed by atoms with Crippen molar-refractivity contribution in [3.63, 3.8) is 0 Å². The molecule has 0 aromatic heterocycles. The topological polar surface area (TPSA) is 78.9 Å². The molecule has 6 nitrogen and oxygen atoms in total. The average Bonchev–Trinajstić information content (AvgIpc) is 3.29. The van der Waals surface area contributed by atoms with Gasteiger partial charge in [0.2, 0.25) is 0 Å². The van der Waals surface area contributed by atoms with Crippen LogP contribution in [0.1, 0.15) is 323 Å². The van der Waals surface area contributed by atoms with E-state index < -0.39 is 6.10 Å². The highest BCUT2D eigenvalue weighted by atomic mass is 16.6. The third kappa shape index (κ3) is 51.1. The molecule has 0 aliphatic carbocycles. The molecule has 1 atom stereocenters. The highest BCUT2D eigenvalue weighted by Crippen LogP contribution is 2.17. The molecule has 0 rings (SSSR count). The van der Waals surface area contributed by atoms with Crippen LogP contribution in [-0.2, 0) is 28.6 Å². The van der Waals surface area contributed by atoms with Gasteiger partial charge >= 0.3 is 17.9 Å². The molecule has 0 aromatic rings. The molecule has 0 aromatic carbocycles. The highest BCUT2D eigenvalue weighted by Gasteiger charge is 2.19. The van der Waals surface area contributed by atoms with E-state index in [0.29, 0.717) is 19.3 Å². The van der Waals surface area contributed by atoms with E-state index in [9.17, 15) is 14.4 Å². The molecule has 0 bridgehead atoms. The number of hydrogen-bond donors (Lipinski definition) is 0. The first-order valence-corrected chi connectivity index (χ1v) is 28.7.